The number of benzene rings is 2. The van der Waals surface area contributed by atoms with E-state index in [1.54, 1.807) is 41.4 Å². The largest absolute Gasteiger partial charge is 0.416 e. The lowest BCUT2D eigenvalue weighted by atomic mass is 10.1. The number of hydrogen-bond acceptors (Lipinski definition) is 4. The van der Waals surface area contributed by atoms with Gasteiger partial charge in [-0.05, 0) is 54.5 Å². The van der Waals surface area contributed by atoms with E-state index in [0.29, 0.717) is 16.9 Å². The Balaban J connectivity index is 1.57. The van der Waals surface area contributed by atoms with E-state index in [-0.39, 0.29) is 10.7 Å². The Morgan fingerprint density at radius 2 is 1.94 bits per heavy atom. The maximum Gasteiger partial charge on any atom is 0.416 e. The second kappa shape index (κ2) is 8.43. The molecular weight excluding hydrogens is 443 g/mol. The zero-order valence-electron chi connectivity index (χ0n) is 16.6. The molecule has 0 aliphatic rings. The molecule has 2 aromatic carbocycles. The van der Waals surface area contributed by atoms with E-state index in [9.17, 15) is 18.0 Å². The number of aromatic nitrogens is 4. The molecule has 32 heavy (non-hydrogen) atoms. The van der Waals surface area contributed by atoms with Gasteiger partial charge >= 0.3 is 6.18 Å². The third-order valence-electron chi connectivity index (χ3n) is 4.72. The van der Waals surface area contributed by atoms with Crippen molar-refractivity contribution < 1.29 is 18.0 Å². The van der Waals surface area contributed by atoms with Gasteiger partial charge in [0, 0.05) is 17.5 Å². The average Bonchev–Trinajstić information content (AvgIpc) is 3.18. The van der Waals surface area contributed by atoms with Crippen LogP contribution in [0, 0.1) is 6.92 Å². The fourth-order valence-corrected chi connectivity index (χ4v) is 3.21. The maximum atomic E-state index is 12.9. The minimum Gasteiger partial charge on any atom is -0.322 e. The minimum absolute atomic E-state index is 0.0843. The van der Waals surface area contributed by atoms with E-state index in [1.807, 2.05) is 6.92 Å². The molecule has 0 saturated carbocycles. The number of nitrogens with zero attached hydrogens (tertiary/aromatic N) is 4. The van der Waals surface area contributed by atoms with Crippen LogP contribution in [0.15, 0.2) is 55.1 Å². The lowest BCUT2D eigenvalue weighted by Gasteiger charge is -2.10. The van der Waals surface area contributed by atoms with E-state index in [4.69, 9.17) is 11.6 Å². The van der Waals surface area contributed by atoms with Gasteiger partial charge in [-0.1, -0.05) is 23.7 Å². The predicted octanol–water partition coefficient (Wildman–Crippen LogP) is 5.69. The molecule has 0 fully saturated rings. The highest BCUT2D eigenvalue weighted by Crippen LogP contribution is 2.30. The molecule has 0 bridgehead atoms. The van der Waals surface area contributed by atoms with Crippen LogP contribution in [-0.2, 0) is 6.18 Å². The molecule has 0 aliphatic carbocycles. The first kappa shape index (κ1) is 21.5. The van der Waals surface area contributed by atoms with Crippen molar-refractivity contribution in [3.05, 3.63) is 82.5 Å². The van der Waals surface area contributed by atoms with Crippen molar-refractivity contribution in [2.24, 2.45) is 0 Å². The Labute approximate surface area is 185 Å². The highest BCUT2D eigenvalue weighted by Gasteiger charge is 2.30. The SMILES string of the molecule is Cc1ccc(NC(=O)c2cccc(C(F)(F)F)c2)cc1/C=C/n1cnc2c(Cl)ncnc21. The highest BCUT2D eigenvalue weighted by molar-refractivity contribution is 6.33. The molecule has 1 amide bonds. The van der Waals surface area contributed by atoms with Crippen LogP contribution in [0.5, 0.6) is 0 Å². The second-order valence-electron chi connectivity index (χ2n) is 6.91. The van der Waals surface area contributed by atoms with Crippen molar-refractivity contribution in [3.63, 3.8) is 0 Å². The van der Waals surface area contributed by atoms with Gasteiger partial charge in [0.15, 0.2) is 10.8 Å². The summed E-state index contributed by atoms with van der Waals surface area (Å²) in [6.07, 6.45) is 1.90. The molecule has 0 unspecified atom stereocenters. The van der Waals surface area contributed by atoms with Crippen LogP contribution in [0.3, 0.4) is 0 Å². The van der Waals surface area contributed by atoms with Crippen molar-refractivity contribution in [1.82, 2.24) is 19.5 Å². The van der Waals surface area contributed by atoms with Crippen molar-refractivity contribution in [2.75, 3.05) is 5.32 Å². The first-order valence-corrected chi connectivity index (χ1v) is 9.70. The van der Waals surface area contributed by atoms with Gasteiger partial charge in [0.1, 0.15) is 18.2 Å². The maximum absolute atomic E-state index is 12.9. The number of hydrogen-bond donors (Lipinski definition) is 1. The third-order valence-corrected chi connectivity index (χ3v) is 4.99. The van der Waals surface area contributed by atoms with Gasteiger partial charge in [0.05, 0.1) is 5.56 Å². The summed E-state index contributed by atoms with van der Waals surface area (Å²) >= 11 is 6.01. The smallest absolute Gasteiger partial charge is 0.322 e. The normalized spacial score (nSPS) is 11.9. The molecule has 0 saturated heterocycles. The summed E-state index contributed by atoms with van der Waals surface area (Å²) in [5, 5.41) is 2.89. The minimum atomic E-state index is -4.52. The number of amides is 1. The topological polar surface area (TPSA) is 72.7 Å². The first-order valence-electron chi connectivity index (χ1n) is 9.33. The molecule has 10 heteroatoms. The molecule has 0 atom stereocenters. The van der Waals surface area contributed by atoms with Crippen LogP contribution in [0.25, 0.3) is 23.4 Å². The standard InChI is InChI=1S/C22H15ClF3N5O/c1-13-5-6-17(30-21(32)15-3-2-4-16(9-15)22(24,25)26)10-14(13)7-8-31-12-29-18-19(23)27-11-28-20(18)31/h2-12H,1H3,(H,30,32)/b8-7+. The van der Waals surface area contributed by atoms with Gasteiger partial charge in [-0.3, -0.25) is 9.36 Å². The van der Waals surface area contributed by atoms with Crippen LogP contribution >= 0.6 is 11.6 Å². The van der Waals surface area contributed by atoms with Gasteiger partial charge in [0.25, 0.3) is 5.91 Å². The van der Waals surface area contributed by atoms with Gasteiger partial charge in [-0.2, -0.15) is 13.2 Å². The lowest BCUT2D eigenvalue weighted by Crippen LogP contribution is -2.14. The summed E-state index contributed by atoms with van der Waals surface area (Å²) in [6, 6.07) is 9.47. The van der Waals surface area contributed by atoms with Crippen molar-refractivity contribution in [2.45, 2.75) is 13.1 Å². The number of anilines is 1. The van der Waals surface area contributed by atoms with Crippen molar-refractivity contribution >= 4 is 46.6 Å². The molecule has 4 rings (SSSR count). The second-order valence-corrected chi connectivity index (χ2v) is 7.27. The van der Waals surface area contributed by atoms with Crippen LogP contribution in [0.4, 0.5) is 18.9 Å². The summed E-state index contributed by atoms with van der Waals surface area (Å²) in [6.45, 7) is 1.89. The molecule has 0 aliphatic heterocycles. The van der Waals surface area contributed by atoms with Crippen LogP contribution in [0.1, 0.15) is 27.0 Å². The van der Waals surface area contributed by atoms with Crippen LogP contribution in [0.2, 0.25) is 5.15 Å². The average molecular weight is 458 g/mol. The zero-order valence-corrected chi connectivity index (χ0v) is 17.3. The Bertz CT molecular complexity index is 1350. The summed E-state index contributed by atoms with van der Waals surface area (Å²) < 4.78 is 40.4. The van der Waals surface area contributed by atoms with Crippen molar-refractivity contribution in [3.8, 4) is 0 Å². The lowest BCUT2D eigenvalue weighted by molar-refractivity contribution is -0.137. The van der Waals surface area contributed by atoms with Gasteiger partial charge in [0.2, 0.25) is 0 Å². The number of carbonyl (C=O) groups excluding carboxylic acids is 1. The van der Waals surface area contributed by atoms with E-state index in [0.717, 1.165) is 23.3 Å². The molecule has 2 aromatic heterocycles. The zero-order chi connectivity index (χ0) is 22.9. The number of fused-ring (bicyclic) bond motifs is 1. The van der Waals surface area contributed by atoms with E-state index in [1.165, 1.54) is 18.5 Å². The number of imidazole rings is 1. The Morgan fingerprint density at radius 1 is 1.12 bits per heavy atom. The van der Waals surface area contributed by atoms with Crippen LogP contribution < -0.4 is 5.32 Å². The molecule has 0 radical (unpaired) electrons. The number of rotatable bonds is 4. The van der Waals surface area contributed by atoms with Crippen LogP contribution in [-0.4, -0.2) is 25.4 Å². The summed E-state index contributed by atoms with van der Waals surface area (Å²) in [5.41, 5.74) is 2.20. The van der Waals surface area contributed by atoms with E-state index >= 15 is 0 Å². The van der Waals surface area contributed by atoms with Crippen molar-refractivity contribution in [1.29, 1.82) is 0 Å². The monoisotopic (exact) mass is 457 g/mol. The van der Waals surface area contributed by atoms with E-state index in [2.05, 4.69) is 20.3 Å². The molecule has 2 heterocycles. The molecule has 4 aromatic rings. The Hall–Kier alpha value is -3.72. The fourth-order valence-electron chi connectivity index (χ4n) is 3.03. The summed E-state index contributed by atoms with van der Waals surface area (Å²) in [7, 11) is 0. The number of alkyl halides is 3. The quantitative estimate of drug-likeness (QED) is 0.400. The highest BCUT2D eigenvalue weighted by atomic mass is 35.5. The number of aryl methyl sites for hydroxylation is 1. The Morgan fingerprint density at radius 3 is 2.72 bits per heavy atom. The van der Waals surface area contributed by atoms with Gasteiger partial charge in [-0.25, -0.2) is 15.0 Å². The van der Waals surface area contributed by atoms with Gasteiger partial charge < -0.3 is 5.32 Å². The third kappa shape index (κ3) is 4.47. The first-order chi connectivity index (χ1) is 15.2. The summed E-state index contributed by atoms with van der Waals surface area (Å²) in [5.74, 6) is -0.637. The van der Waals surface area contributed by atoms with E-state index < -0.39 is 17.6 Å². The van der Waals surface area contributed by atoms with Gasteiger partial charge in [-0.15, -0.1) is 0 Å². The Kier molecular flexibility index (Phi) is 5.67. The molecule has 162 valence electrons. The fraction of sp³-hybridized carbons (Fsp3) is 0.0909. The molecule has 0 spiro atoms. The molecular formula is C22H15ClF3N5O. The molecule has 6 nitrogen and oxygen atoms in total. The molecule has 1 N–H and O–H groups in total. The summed E-state index contributed by atoms with van der Waals surface area (Å²) in [4.78, 5) is 24.7. The number of nitrogens with one attached hydrogen (secondary N) is 1. The predicted molar refractivity (Wildman–Crippen MR) is 116 cm³/mol. The number of halogens is 4. The number of carbonyl (C=O) groups is 1.